The molecule has 4 nitrogen and oxygen atoms in total. The Bertz CT molecular complexity index is 591. The molecule has 96 valence electrons. The first-order valence-corrected chi connectivity index (χ1v) is 7.99. The van der Waals surface area contributed by atoms with Gasteiger partial charge in [-0.2, -0.15) is 4.31 Å². The van der Waals surface area contributed by atoms with E-state index in [1.807, 2.05) is 18.2 Å². The van der Waals surface area contributed by atoms with Crippen molar-refractivity contribution in [3.8, 4) is 0 Å². The summed E-state index contributed by atoms with van der Waals surface area (Å²) in [6, 6.07) is 0. The van der Waals surface area contributed by atoms with E-state index in [0.29, 0.717) is 13.0 Å². The van der Waals surface area contributed by atoms with Gasteiger partial charge < -0.3 is 0 Å². The maximum absolute atomic E-state index is 12.6. The van der Waals surface area contributed by atoms with Gasteiger partial charge in [0.05, 0.1) is 10.8 Å². The standard InChI is InChI=1S/C13H15NO3S/c15-10-5-7-13-6-2-8-14(13)18(16,17)11-4-1-3-9(10)12(11)13/h1,4-5,7,9,11-12H,2-3,6,8H2/t9-,11-,12+,13+/m1/s1. The third-order valence-electron chi connectivity index (χ3n) is 5.04. The SMILES string of the molecule is O=C1C=C[C@]23CCCN2S(=O)(=O)[C@@H]2C=CC[C@H]1[C@@H]23. The summed E-state index contributed by atoms with van der Waals surface area (Å²) in [5.74, 6) is -0.0979. The highest BCUT2D eigenvalue weighted by Crippen LogP contribution is 2.56. The van der Waals surface area contributed by atoms with Crippen LogP contribution in [-0.4, -0.2) is 35.8 Å². The van der Waals surface area contributed by atoms with E-state index in [2.05, 4.69) is 0 Å². The van der Waals surface area contributed by atoms with Gasteiger partial charge in [0.2, 0.25) is 10.0 Å². The molecule has 2 aliphatic carbocycles. The summed E-state index contributed by atoms with van der Waals surface area (Å²) < 4.78 is 26.8. The highest BCUT2D eigenvalue weighted by Gasteiger charge is 2.66. The molecule has 4 atom stereocenters. The van der Waals surface area contributed by atoms with E-state index in [4.69, 9.17) is 0 Å². The second-order valence-electron chi connectivity index (χ2n) is 5.71. The van der Waals surface area contributed by atoms with Crippen molar-refractivity contribution in [1.29, 1.82) is 0 Å². The van der Waals surface area contributed by atoms with Crippen LogP contribution in [-0.2, 0) is 14.8 Å². The van der Waals surface area contributed by atoms with Crippen molar-refractivity contribution in [3.63, 3.8) is 0 Å². The summed E-state index contributed by atoms with van der Waals surface area (Å²) in [6.07, 6.45) is 9.63. The summed E-state index contributed by atoms with van der Waals surface area (Å²) in [6.45, 7) is 0.606. The number of allylic oxidation sites excluding steroid dienone is 2. The van der Waals surface area contributed by atoms with E-state index in [1.54, 1.807) is 10.4 Å². The Balaban J connectivity index is 2.00. The second kappa shape index (κ2) is 3.14. The number of ketones is 1. The van der Waals surface area contributed by atoms with Crippen molar-refractivity contribution < 1.29 is 13.2 Å². The number of carbonyl (C=O) groups is 1. The topological polar surface area (TPSA) is 54.5 Å². The predicted molar refractivity (Wildman–Crippen MR) is 66.3 cm³/mol. The molecule has 0 aromatic rings. The Morgan fingerprint density at radius 3 is 3.06 bits per heavy atom. The predicted octanol–water partition coefficient (Wildman–Crippen LogP) is 0.864. The molecule has 4 rings (SSSR count). The smallest absolute Gasteiger partial charge is 0.221 e. The minimum absolute atomic E-state index is 0.0625. The maximum Gasteiger partial charge on any atom is 0.221 e. The van der Waals surface area contributed by atoms with E-state index in [9.17, 15) is 13.2 Å². The maximum atomic E-state index is 12.6. The van der Waals surface area contributed by atoms with Crippen LogP contribution in [0.3, 0.4) is 0 Å². The second-order valence-corrected chi connectivity index (χ2v) is 7.72. The zero-order valence-electron chi connectivity index (χ0n) is 9.95. The third-order valence-corrected chi connectivity index (χ3v) is 7.31. The van der Waals surface area contributed by atoms with Gasteiger partial charge in [-0.05, 0) is 25.3 Å². The van der Waals surface area contributed by atoms with Crippen molar-refractivity contribution in [2.45, 2.75) is 30.1 Å². The van der Waals surface area contributed by atoms with Crippen molar-refractivity contribution in [3.05, 3.63) is 24.3 Å². The zero-order chi connectivity index (χ0) is 12.5. The molecule has 18 heavy (non-hydrogen) atoms. The molecule has 2 heterocycles. The molecule has 0 radical (unpaired) electrons. The van der Waals surface area contributed by atoms with Gasteiger partial charge in [0.1, 0.15) is 0 Å². The molecule has 0 N–H and O–H groups in total. The van der Waals surface area contributed by atoms with Crippen LogP contribution in [0, 0.1) is 11.8 Å². The van der Waals surface area contributed by atoms with E-state index in [1.165, 1.54) is 0 Å². The van der Waals surface area contributed by atoms with Crippen LogP contribution in [0.25, 0.3) is 0 Å². The average molecular weight is 265 g/mol. The molecule has 0 aromatic heterocycles. The molecular formula is C13H15NO3S. The molecule has 0 saturated carbocycles. The van der Waals surface area contributed by atoms with Gasteiger partial charge in [-0.3, -0.25) is 4.79 Å². The van der Waals surface area contributed by atoms with Gasteiger partial charge in [-0.25, -0.2) is 8.42 Å². The fourth-order valence-corrected chi connectivity index (χ4v) is 6.91. The normalized spacial score (nSPS) is 48.2. The largest absolute Gasteiger partial charge is 0.295 e. The van der Waals surface area contributed by atoms with Crippen molar-refractivity contribution in [2.24, 2.45) is 11.8 Å². The van der Waals surface area contributed by atoms with Crippen LogP contribution < -0.4 is 0 Å². The van der Waals surface area contributed by atoms with Gasteiger partial charge in [-0.1, -0.05) is 18.2 Å². The molecule has 5 heteroatoms. The lowest BCUT2D eigenvalue weighted by Gasteiger charge is -2.40. The molecule has 0 amide bonds. The molecule has 0 aromatic carbocycles. The Labute approximate surface area is 106 Å². The fraction of sp³-hybridized carbons (Fsp3) is 0.615. The van der Waals surface area contributed by atoms with Gasteiger partial charge in [0.25, 0.3) is 0 Å². The molecule has 2 aliphatic heterocycles. The van der Waals surface area contributed by atoms with Crippen LogP contribution in [0.2, 0.25) is 0 Å². The summed E-state index contributed by atoms with van der Waals surface area (Å²) >= 11 is 0. The number of nitrogens with zero attached hydrogens (tertiary/aromatic N) is 1. The minimum atomic E-state index is -3.27. The Kier molecular flexibility index (Phi) is 1.91. The van der Waals surface area contributed by atoms with Gasteiger partial charge in [0, 0.05) is 18.4 Å². The van der Waals surface area contributed by atoms with Crippen LogP contribution in [0.4, 0.5) is 0 Å². The molecule has 2 fully saturated rings. The summed E-state index contributed by atoms with van der Waals surface area (Å²) in [5.41, 5.74) is -0.396. The van der Waals surface area contributed by atoms with Crippen molar-refractivity contribution in [2.75, 3.05) is 6.54 Å². The summed E-state index contributed by atoms with van der Waals surface area (Å²) in [5, 5.41) is -0.481. The van der Waals surface area contributed by atoms with Crippen molar-refractivity contribution in [1.82, 2.24) is 4.31 Å². The molecule has 1 spiro atoms. The van der Waals surface area contributed by atoms with Gasteiger partial charge in [-0.15, -0.1) is 0 Å². The summed E-state index contributed by atoms with van der Waals surface area (Å²) in [4.78, 5) is 12.0. The summed E-state index contributed by atoms with van der Waals surface area (Å²) in [7, 11) is -3.27. The van der Waals surface area contributed by atoms with E-state index in [0.717, 1.165) is 12.8 Å². The third kappa shape index (κ3) is 1.02. The highest BCUT2D eigenvalue weighted by molar-refractivity contribution is 7.90. The first-order chi connectivity index (χ1) is 8.57. The first-order valence-electron chi connectivity index (χ1n) is 6.49. The Morgan fingerprint density at radius 1 is 1.39 bits per heavy atom. The van der Waals surface area contributed by atoms with Crippen LogP contribution in [0.5, 0.6) is 0 Å². The average Bonchev–Trinajstić information content (AvgIpc) is 2.85. The van der Waals surface area contributed by atoms with Crippen LogP contribution in [0.1, 0.15) is 19.3 Å². The van der Waals surface area contributed by atoms with Gasteiger partial charge >= 0.3 is 0 Å². The lowest BCUT2D eigenvalue weighted by molar-refractivity contribution is -0.121. The fourth-order valence-electron chi connectivity index (χ4n) is 4.38. The van der Waals surface area contributed by atoms with Crippen molar-refractivity contribution >= 4 is 15.8 Å². The zero-order valence-corrected chi connectivity index (χ0v) is 10.8. The number of hydrogen-bond donors (Lipinski definition) is 0. The number of hydrogen-bond acceptors (Lipinski definition) is 3. The molecule has 2 saturated heterocycles. The van der Waals surface area contributed by atoms with E-state index < -0.39 is 20.8 Å². The number of carbonyl (C=O) groups excluding carboxylic acids is 1. The quantitative estimate of drug-likeness (QED) is 0.611. The number of sulfonamides is 1. The lowest BCUT2D eigenvalue weighted by Crippen LogP contribution is -2.49. The van der Waals surface area contributed by atoms with Gasteiger partial charge in [0.15, 0.2) is 5.78 Å². The Hall–Kier alpha value is -0.940. The molecular weight excluding hydrogens is 250 g/mol. The number of rotatable bonds is 0. The van der Waals surface area contributed by atoms with Crippen LogP contribution in [0.15, 0.2) is 24.3 Å². The first kappa shape index (κ1) is 10.9. The monoisotopic (exact) mass is 265 g/mol. The molecule has 4 aliphatic rings. The highest BCUT2D eigenvalue weighted by atomic mass is 32.2. The van der Waals surface area contributed by atoms with Crippen LogP contribution >= 0.6 is 0 Å². The minimum Gasteiger partial charge on any atom is -0.295 e. The lowest BCUT2D eigenvalue weighted by atomic mass is 9.65. The van der Waals surface area contributed by atoms with E-state index in [-0.39, 0.29) is 17.6 Å². The molecule has 0 bridgehead atoms. The van der Waals surface area contributed by atoms with E-state index >= 15 is 0 Å². The Morgan fingerprint density at radius 2 is 2.22 bits per heavy atom. The molecule has 0 unspecified atom stereocenters.